The first-order chi connectivity index (χ1) is 6.74. The van der Waals surface area contributed by atoms with E-state index in [0.717, 1.165) is 5.56 Å². The van der Waals surface area contributed by atoms with Gasteiger partial charge in [-0.3, -0.25) is 4.79 Å². The van der Waals surface area contributed by atoms with Crippen molar-refractivity contribution in [3.8, 4) is 0 Å². The van der Waals surface area contributed by atoms with Crippen molar-refractivity contribution in [1.29, 1.82) is 0 Å². The minimum absolute atomic E-state index is 0.156. The average molecular weight is 190 g/mol. The highest BCUT2D eigenvalue weighted by molar-refractivity contribution is 5.75. The van der Waals surface area contributed by atoms with Crippen molar-refractivity contribution in [2.75, 3.05) is 7.05 Å². The molecule has 1 aromatic rings. The van der Waals surface area contributed by atoms with E-state index in [1.165, 1.54) is 0 Å². The Bertz CT molecular complexity index is 282. The van der Waals surface area contributed by atoms with Crippen molar-refractivity contribution in [2.24, 2.45) is 0 Å². The number of rotatable bonds is 4. The van der Waals surface area contributed by atoms with Gasteiger partial charge in [0.25, 0.3) is 0 Å². The van der Waals surface area contributed by atoms with Gasteiger partial charge in [0.1, 0.15) is 0 Å². The predicted octanol–water partition coefficient (Wildman–Crippen LogP) is 2.26. The molecule has 0 aliphatic heterocycles. The predicted molar refractivity (Wildman–Crippen MR) is 57.5 cm³/mol. The Morgan fingerprint density at radius 3 is 2.57 bits per heavy atom. The van der Waals surface area contributed by atoms with Crippen LogP contribution in [0.3, 0.4) is 0 Å². The molecule has 0 fully saturated rings. The molecule has 0 heterocycles. The first-order valence-electron chi connectivity index (χ1n) is 4.81. The maximum Gasteiger partial charge on any atom is 0.222 e. The molecule has 1 radical (unpaired) electrons. The van der Waals surface area contributed by atoms with Crippen molar-refractivity contribution in [3.63, 3.8) is 0 Å². The molecule has 0 bridgehead atoms. The van der Waals surface area contributed by atoms with Gasteiger partial charge in [-0.05, 0) is 12.0 Å². The molecular weight excluding hydrogens is 174 g/mol. The first-order valence-corrected chi connectivity index (χ1v) is 4.81. The fourth-order valence-corrected chi connectivity index (χ4v) is 1.29. The SMILES string of the molecule is [CH2]CCC(=O)N(C)Cc1ccccc1. The van der Waals surface area contributed by atoms with Gasteiger partial charge >= 0.3 is 0 Å². The Hall–Kier alpha value is -1.31. The number of nitrogens with zero attached hydrogens (tertiary/aromatic N) is 1. The van der Waals surface area contributed by atoms with Gasteiger partial charge in [-0.1, -0.05) is 37.3 Å². The molecule has 0 N–H and O–H groups in total. The van der Waals surface area contributed by atoms with Gasteiger partial charge in [-0.25, -0.2) is 0 Å². The highest BCUT2D eigenvalue weighted by Gasteiger charge is 2.06. The summed E-state index contributed by atoms with van der Waals surface area (Å²) < 4.78 is 0. The summed E-state index contributed by atoms with van der Waals surface area (Å²) in [4.78, 5) is 13.2. The van der Waals surface area contributed by atoms with Crippen LogP contribution < -0.4 is 0 Å². The Balaban J connectivity index is 2.49. The molecule has 0 saturated carbocycles. The fourth-order valence-electron chi connectivity index (χ4n) is 1.29. The van der Waals surface area contributed by atoms with E-state index in [1.807, 2.05) is 37.4 Å². The zero-order chi connectivity index (χ0) is 10.4. The second-order valence-corrected chi connectivity index (χ2v) is 3.34. The summed E-state index contributed by atoms with van der Waals surface area (Å²) in [5.41, 5.74) is 1.16. The fraction of sp³-hybridized carbons (Fsp3) is 0.333. The van der Waals surface area contributed by atoms with Gasteiger partial charge in [0.05, 0.1) is 0 Å². The number of carbonyl (C=O) groups excluding carboxylic acids is 1. The van der Waals surface area contributed by atoms with E-state index >= 15 is 0 Å². The lowest BCUT2D eigenvalue weighted by Crippen LogP contribution is -2.25. The van der Waals surface area contributed by atoms with E-state index < -0.39 is 0 Å². The lowest BCUT2D eigenvalue weighted by atomic mass is 10.2. The molecule has 2 heteroatoms. The molecule has 1 rings (SSSR count). The molecule has 2 nitrogen and oxygen atoms in total. The van der Waals surface area contributed by atoms with Crippen LogP contribution in [0.25, 0.3) is 0 Å². The lowest BCUT2D eigenvalue weighted by molar-refractivity contribution is -0.130. The first kappa shape index (κ1) is 10.8. The molecule has 0 atom stereocenters. The van der Waals surface area contributed by atoms with Crippen LogP contribution in [0.5, 0.6) is 0 Å². The van der Waals surface area contributed by atoms with Crippen LogP contribution in [0, 0.1) is 6.92 Å². The third-order valence-corrected chi connectivity index (χ3v) is 2.08. The molecule has 0 aliphatic rings. The molecule has 1 aromatic carbocycles. The molecule has 0 aliphatic carbocycles. The molecule has 14 heavy (non-hydrogen) atoms. The van der Waals surface area contributed by atoms with E-state index in [2.05, 4.69) is 6.92 Å². The quantitative estimate of drug-likeness (QED) is 0.713. The van der Waals surface area contributed by atoms with E-state index in [0.29, 0.717) is 19.4 Å². The van der Waals surface area contributed by atoms with Crippen LogP contribution in [0.2, 0.25) is 0 Å². The van der Waals surface area contributed by atoms with Gasteiger partial charge in [0.2, 0.25) is 5.91 Å². The summed E-state index contributed by atoms with van der Waals surface area (Å²) in [6.07, 6.45) is 1.20. The summed E-state index contributed by atoms with van der Waals surface area (Å²) in [5.74, 6) is 0.156. The number of benzene rings is 1. The largest absolute Gasteiger partial charge is 0.341 e. The second-order valence-electron chi connectivity index (χ2n) is 3.34. The van der Waals surface area contributed by atoms with E-state index in [9.17, 15) is 4.79 Å². The molecule has 75 valence electrons. The lowest BCUT2D eigenvalue weighted by Gasteiger charge is -2.16. The van der Waals surface area contributed by atoms with Crippen molar-refractivity contribution in [1.82, 2.24) is 4.90 Å². The standard InChI is InChI=1S/C12H16NO/c1-3-7-12(14)13(2)10-11-8-5-4-6-9-11/h4-6,8-9H,1,3,7,10H2,2H3. The van der Waals surface area contributed by atoms with Gasteiger partial charge in [-0.2, -0.15) is 0 Å². The van der Waals surface area contributed by atoms with Crippen LogP contribution in [0.15, 0.2) is 30.3 Å². The molecule has 0 aromatic heterocycles. The Morgan fingerprint density at radius 2 is 2.00 bits per heavy atom. The summed E-state index contributed by atoms with van der Waals surface area (Å²) in [6, 6.07) is 9.98. The van der Waals surface area contributed by atoms with Gasteiger partial charge in [0.15, 0.2) is 0 Å². The molecule has 0 spiro atoms. The maximum absolute atomic E-state index is 11.4. The van der Waals surface area contributed by atoms with Gasteiger partial charge in [-0.15, -0.1) is 0 Å². The van der Waals surface area contributed by atoms with Crippen LogP contribution >= 0.6 is 0 Å². The number of carbonyl (C=O) groups is 1. The monoisotopic (exact) mass is 190 g/mol. The average Bonchev–Trinajstić information content (AvgIpc) is 2.19. The normalized spacial score (nSPS) is 9.86. The van der Waals surface area contributed by atoms with Gasteiger partial charge < -0.3 is 4.90 Å². The zero-order valence-corrected chi connectivity index (χ0v) is 8.57. The summed E-state index contributed by atoms with van der Waals surface area (Å²) >= 11 is 0. The van der Waals surface area contributed by atoms with Gasteiger partial charge in [0, 0.05) is 20.0 Å². The van der Waals surface area contributed by atoms with Crippen molar-refractivity contribution in [3.05, 3.63) is 42.8 Å². The van der Waals surface area contributed by atoms with Crippen molar-refractivity contribution in [2.45, 2.75) is 19.4 Å². The molecule has 0 unspecified atom stereocenters. The highest BCUT2D eigenvalue weighted by atomic mass is 16.2. The topological polar surface area (TPSA) is 20.3 Å². The smallest absolute Gasteiger partial charge is 0.222 e. The summed E-state index contributed by atoms with van der Waals surface area (Å²) in [6.45, 7) is 4.35. The summed E-state index contributed by atoms with van der Waals surface area (Å²) in [5, 5.41) is 0. The Morgan fingerprint density at radius 1 is 1.36 bits per heavy atom. The minimum atomic E-state index is 0.156. The second kappa shape index (κ2) is 5.43. The third kappa shape index (κ3) is 3.21. The van der Waals surface area contributed by atoms with Crippen LogP contribution in [0.4, 0.5) is 0 Å². The Kier molecular flexibility index (Phi) is 4.17. The molecular formula is C12H16NO. The van der Waals surface area contributed by atoms with E-state index in [4.69, 9.17) is 0 Å². The zero-order valence-electron chi connectivity index (χ0n) is 8.57. The third-order valence-electron chi connectivity index (χ3n) is 2.08. The number of amides is 1. The van der Waals surface area contributed by atoms with Crippen LogP contribution in [0.1, 0.15) is 18.4 Å². The van der Waals surface area contributed by atoms with E-state index in [1.54, 1.807) is 4.90 Å². The Labute approximate surface area is 85.5 Å². The minimum Gasteiger partial charge on any atom is -0.341 e. The van der Waals surface area contributed by atoms with Crippen LogP contribution in [-0.2, 0) is 11.3 Å². The van der Waals surface area contributed by atoms with Crippen molar-refractivity contribution >= 4 is 5.91 Å². The molecule has 0 saturated heterocycles. The van der Waals surface area contributed by atoms with Crippen molar-refractivity contribution < 1.29 is 4.79 Å². The number of hydrogen-bond donors (Lipinski definition) is 0. The highest BCUT2D eigenvalue weighted by Crippen LogP contribution is 2.04. The van der Waals surface area contributed by atoms with Crippen LogP contribution in [-0.4, -0.2) is 17.9 Å². The maximum atomic E-state index is 11.4. The van der Waals surface area contributed by atoms with E-state index in [-0.39, 0.29) is 5.91 Å². The molecule has 1 amide bonds. The summed E-state index contributed by atoms with van der Waals surface area (Å²) in [7, 11) is 1.82. The number of hydrogen-bond acceptors (Lipinski definition) is 1.